The zero-order chi connectivity index (χ0) is 7.84. The summed E-state index contributed by atoms with van der Waals surface area (Å²) in [5.74, 6) is 0. The summed E-state index contributed by atoms with van der Waals surface area (Å²) in [5.41, 5.74) is 3.08. The van der Waals surface area contributed by atoms with Gasteiger partial charge in [0.15, 0.2) is 5.65 Å². The molecule has 0 saturated carbocycles. The normalized spacial score (nSPS) is 10.7. The zero-order valence-corrected chi connectivity index (χ0v) is 6.57. The Morgan fingerprint density at radius 3 is 2.91 bits per heavy atom. The number of hydrogen-bond donors (Lipinski definition) is 0. The highest BCUT2D eigenvalue weighted by Crippen LogP contribution is 2.07. The molecule has 0 N–H and O–H groups in total. The molecule has 56 valence electrons. The van der Waals surface area contributed by atoms with Gasteiger partial charge in [-0.25, -0.2) is 9.50 Å². The molecule has 0 spiro atoms. The maximum absolute atomic E-state index is 4.31. The Kier molecular flexibility index (Phi) is 1.18. The smallest absolute Gasteiger partial charge is 0.154 e. The van der Waals surface area contributed by atoms with E-state index in [9.17, 15) is 0 Å². The summed E-state index contributed by atoms with van der Waals surface area (Å²) in [7, 11) is 0. The fraction of sp³-hybridized carbons (Fsp3) is 0.250. The first-order valence-electron chi connectivity index (χ1n) is 3.56. The first kappa shape index (κ1) is 6.34. The molecule has 3 nitrogen and oxygen atoms in total. The first-order valence-corrected chi connectivity index (χ1v) is 3.56. The van der Waals surface area contributed by atoms with E-state index in [0.29, 0.717) is 0 Å². The molecule has 0 atom stereocenters. The second kappa shape index (κ2) is 2.05. The van der Waals surface area contributed by atoms with Crippen molar-refractivity contribution in [3.05, 3.63) is 29.7 Å². The molecule has 0 fully saturated rings. The molecule has 3 heteroatoms. The second-order valence-corrected chi connectivity index (χ2v) is 2.58. The third-order valence-electron chi connectivity index (χ3n) is 1.85. The lowest BCUT2D eigenvalue weighted by atomic mass is 10.4. The van der Waals surface area contributed by atoms with Crippen molar-refractivity contribution in [3.63, 3.8) is 0 Å². The van der Waals surface area contributed by atoms with Gasteiger partial charge < -0.3 is 0 Å². The SMILES string of the molecule is Cc1nc2cccnn2c1C. The van der Waals surface area contributed by atoms with Gasteiger partial charge in [-0.2, -0.15) is 5.10 Å². The van der Waals surface area contributed by atoms with Crippen LogP contribution in [0.3, 0.4) is 0 Å². The van der Waals surface area contributed by atoms with Gasteiger partial charge in [0.25, 0.3) is 0 Å². The minimum Gasteiger partial charge on any atom is -0.232 e. The topological polar surface area (TPSA) is 30.2 Å². The first-order chi connectivity index (χ1) is 5.29. The van der Waals surface area contributed by atoms with E-state index in [1.54, 1.807) is 6.20 Å². The lowest BCUT2D eigenvalue weighted by molar-refractivity contribution is 0.895. The van der Waals surface area contributed by atoms with E-state index in [4.69, 9.17) is 0 Å². The van der Waals surface area contributed by atoms with Crippen molar-refractivity contribution in [2.75, 3.05) is 0 Å². The van der Waals surface area contributed by atoms with E-state index in [-0.39, 0.29) is 0 Å². The molecule has 11 heavy (non-hydrogen) atoms. The lowest BCUT2D eigenvalue weighted by Crippen LogP contribution is -1.91. The molecule has 0 aromatic carbocycles. The predicted octanol–water partition coefficient (Wildman–Crippen LogP) is 1.35. The van der Waals surface area contributed by atoms with Crippen molar-refractivity contribution >= 4 is 5.65 Å². The number of nitrogens with zero attached hydrogens (tertiary/aromatic N) is 3. The molecule has 0 bridgehead atoms. The molecule has 0 aliphatic heterocycles. The Morgan fingerprint density at radius 1 is 1.36 bits per heavy atom. The summed E-state index contributed by atoms with van der Waals surface area (Å²) in [4.78, 5) is 4.31. The molecule has 2 aromatic rings. The largest absolute Gasteiger partial charge is 0.232 e. The Bertz CT molecular complexity index is 389. The average Bonchev–Trinajstić information content (AvgIpc) is 2.30. The maximum Gasteiger partial charge on any atom is 0.154 e. The average molecular weight is 147 g/mol. The molecule has 0 radical (unpaired) electrons. The highest BCUT2D eigenvalue weighted by Gasteiger charge is 2.01. The van der Waals surface area contributed by atoms with Gasteiger partial charge in [0.1, 0.15) is 0 Å². The van der Waals surface area contributed by atoms with Crippen LogP contribution in [0.1, 0.15) is 11.4 Å². The third kappa shape index (κ3) is 0.808. The summed E-state index contributed by atoms with van der Waals surface area (Å²) in [6.45, 7) is 4.01. The number of rotatable bonds is 0. The van der Waals surface area contributed by atoms with Crippen LogP contribution in [0.5, 0.6) is 0 Å². The fourth-order valence-corrected chi connectivity index (χ4v) is 1.11. The van der Waals surface area contributed by atoms with Crippen molar-refractivity contribution in [3.8, 4) is 0 Å². The van der Waals surface area contributed by atoms with Gasteiger partial charge in [-0.1, -0.05) is 0 Å². The van der Waals surface area contributed by atoms with Gasteiger partial charge in [0.2, 0.25) is 0 Å². The van der Waals surface area contributed by atoms with Gasteiger partial charge >= 0.3 is 0 Å². The Labute approximate surface area is 64.7 Å². The van der Waals surface area contributed by atoms with E-state index >= 15 is 0 Å². The predicted molar refractivity (Wildman–Crippen MR) is 42.5 cm³/mol. The van der Waals surface area contributed by atoms with E-state index in [1.165, 1.54) is 0 Å². The number of aromatic nitrogens is 3. The van der Waals surface area contributed by atoms with Gasteiger partial charge in [-0.05, 0) is 26.0 Å². The van der Waals surface area contributed by atoms with E-state index in [0.717, 1.165) is 17.0 Å². The molecule has 0 saturated heterocycles. The third-order valence-corrected chi connectivity index (χ3v) is 1.85. The quantitative estimate of drug-likeness (QED) is 0.563. The monoisotopic (exact) mass is 147 g/mol. The van der Waals surface area contributed by atoms with Crippen LogP contribution in [-0.2, 0) is 0 Å². The molecule has 0 unspecified atom stereocenters. The van der Waals surface area contributed by atoms with E-state index in [2.05, 4.69) is 10.1 Å². The summed E-state index contributed by atoms with van der Waals surface area (Å²) in [6.07, 6.45) is 1.76. The number of aryl methyl sites for hydroxylation is 2. The van der Waals surface area contributed by atoms with Crippen molar-refractivity contribution in [1.82, 2.24) is 14.6 Å². The fourth-order valence-electron chi connectivity index (χ4n) is 1.11. The standard InChI is InChI=1S/C8H9N3/c1-6-7(2)11-8(10-6)4-3-5-9-11/h3-5H,1-2H3. The molecule has 2 aromatic heterocycles. The molecule has 0 aliphatic rings. The molecule has 2 rings (SSSR count). The minimum atomic E-state index is 0.919. The molecule has 0 aliphatic carbocycles. The van der Waals surface area contributed by atoms with Gasteiger partial charge in [-0.3, -0.25) is 0 Å². The Hall–Kier alpha value is -1.38. The summed E-state index contributed by atoms with van der Waals surface area (Å²) >= 11 is 0. The van der Waals surface area contributed by atoms with Gasteiger partial charge in [0.05, 0.1) is 11.4 Å². The van der Waals surface area contributed by atoms with Crippen LogP contribution in [-0.4, -0.2) is 14.6 Å². The Balaban J connectivity index is 2.92. The lowest BCUT2D eigenvalue weighted by Gasteiger charge is -1.91. The van der Waals surface area contributed by atoms with Crippen LogP contribution in [0.15, 0.2) is 18.3 Å². The van der Waals surface area contributed by atoms with E-state index in [1.807, 2.05) is 30.5 Å². The van der Waals surface area contributed by atoms with Crippen LogP contribution >= 0.6 is 0 Å². The second-order valence-electron chi connectivity index (χ2n) is 2.58. The van der Waals surface area contributed by atoms with Crippen molar-refractivity contribution in [2.24, 2.45) is 0 Å². The number of imidazole rings is 1. The highest BCUT2D eigenvalue weighted by molar-refractivity contribution is 5.40. The molecule has 0 amide bonds. The summed E-state index contributed by atoms with van der Waals surface area (Å²) < 4.78 is 1.84. The van der Waals surface area contributed by atoms with Crippen molar-refractivity contribution in [2.45, 2.75) is 13.8 Å². The molecule has 2 heterocycles. The summed E-state index contributed by atoms with van der Waals surface area (Å²) in [6, 6.07) is 3.84. The zero-order valence-electron chi connectivity index (χ0n) is 6.57. The number of hydrogen-bond acceptors (Lipinski definition) is 2. The molecular weight excluding hydrogens is 138 g/mol. The number of fused-ring (bicyclic) bond motifs is 1. The van der Waals surface area contributed by atoms with Gasteiger partial charge in [0, 0.05) is 6.20 Å². The van der Waals surface area contributed by atoms with Crippen molar-refractivity contribution < 1.29 is 0 Å². The summed E-state index contributed by atoms with van der Waals surface area (Å²) in [5, 5.41) is 4.16. The van der Waals surface area contributed by atoms with Gasteiger partial charge in [-0.15, -0.1) is 0 Å². The van der Waals surface area contributed by atoms with Crippen LogP contribution in [0.2, 0.25) is 0 Å². The van der Waals surface area contributed by atoms with Crippen LogP contribution < -0.4 is 0 Å². The van der Waals surface area contributed by atoms with Crippen LogP contribution in [0.25, 0.3) is 5.65 Å². The van der Waals surface area contributed by atoms with Crippen molar-refractivity contribution in [1.29, 1.82) is 0 Å². The van der Waals surface area contributed by atoms with E-state index < -0.39 is 0 Å². The highest BCUT2D eigenvalue weighted by atomic mass is 15.3. The molecular formula is C8H9N3. The maximum atomic E-state index is 4.31. The Morgan fingerprint density at radius 2 is 2.18 bits per heavy atom. The minimum absolute atomic E-state index is 0.919. The van der Waals surface area contributed by atoms with Crippen LogP contribution in [0, 0.1) is 13.8 Å². The van der Waals surface area contributed by atoms with Crippen LogP contribution in [0.4, 0.5) is 0 Å².